The molecule has 0 spiro atoms. The van der Waals surface area contributed by atoms with E-state index >= 15 is 0 Å². The number of esters is 1. The molecule has 4 nitrogen and oxygen atoms in total. The fourth-order valence-electron chi connectivity index (χ4n) is 0.540. The minimum Gasteiger partial charge on any atom is -0.501 e. The molecule has 0 aliphatic rings. The summed E-state index contributed by atoms with van der Waals surface area (Å²) in [7, 11) is 0. The first-order chi connectivity index (χ1) is 6.22. The van der Waals surface area contributed by atoms with Crippen molar-refractivity contribution in [2.75, 3.05) is 13.2 Å². The smallest absolute Gasteiger partial charge is 0.379 e. The molecule has 0 aromatic rings. The van der Waals surface area contributed by atoms with Gasteiger partial charge >= 0.3 is 5.97 Å². The molecular weight excluding hydrogens is 172 g/mol. The minimum absolute atomic E-state index is 0.271. The summed E-state index contributed by atoms with van der Waals surface area (Å²) in [4.78, 5) is 21.7. The summed E-state index contributed by atoms with van der Waals surface area (Å²) in [5.41, 5.74) is 0. The minimum atomic E-state index is -0.835. The van der Waals surface area contributed by atoms with E-state index in [0.29, 0.717) is 13.0 Å². The van der Waals surface area contributed by atoms with Crippen molar-refractivity contribution in [3.05, 3.63) is 12.3 Å². The largest absolute Gasteiger partial charge is 0.501 e. The Morgan fingerprint density at radius 3 is 2.54 bits per heavy atom. The molecule has 0 rings (SSSR count). The molecule has 0 atom stereocenters. The summed E-state index contributed by atoms with van der Waals surface area (Å²) in [6.07, 6.45) is 2.95. The Kier molecular flexibility index (Phi) is 6.59. The number of carbonyl (C=O) groups excluding carboxylic acids is 2. The normalized spacial score (nSPS) is 10.0. The van der Waals surface area contributed by atoms with E-state index in [-0.39, 0.29) is 6.61 Å². The van der Waals surface area contributed by atoms with Gasteiger partial charge in [0, 0.05) is 6.08 Å². The molecular formula is C9H14O4. The zero-order valence-corrected chi connectivity index (χ0v) is 7.91. The van der Waals surface area contributed by atoms with Crippen molar-refractivity contribution in [1.82, 2.24) is 0 Å². The van der Waals surface area contributed by atoms with Crippen LogP contribution in [0.15, 0.2) is 12.3 Å². The molecule has 0 aliphatic carbocycles. The van der Waals surface area contributed by atoms with Gasteiger partial charge in [-0.2, -0.15) is 0 Å². The summed E-state index contributed by atoms with van der Waals surface area (Å²) >= 11 is 0. The summed E-state index contributed by atoms with van der Waals surface area (Å²) in [5, 5.41) is 0. The third-order valence-corrected chi connectivity index (χ3v) is 1.12. The maximum Gasteiger partial charge on any atom is 0.379 e. The number of hydrogen-bond acceptors (Lipinski definition) is 4. The van der Waals surface area contributed by atoms with Crippen molar-refractivity contribution < 1.29 is 19.1 Å². The van der Waals surface area contributed by atoms with Gasteiger partial charge in [0.15, 0.2) is 0 Å². The van der Waals surface area contributed by atoms with Crippen molar-refractivity contribution in [2.24, 2.45) is 0 Å². The highest BCUT2D eigenvalue weighted by Gasteiger charge is 2.10. The maximum absolute atomic E-state index is 10.9. The van der Waals surface area contributed by atoms with E-state index in [1.165, 1.54) is 6.26 Å². The van der Waals surface area contributed by atoms with Gasteiger partial charge in [0.1, 0.15) is 0 Å². The van der Waals surface area contributed by atoms with Crippen LogP contribution in [-0.2, 0) is 19.1 Å². The molecule has 0 bridgehead atoms. The zero-order valence-electron chi connectivity index (χ0n) is 7.91. The van der Waals surface area contributed by atoms with Crippen LogP contribution in [0, 0.1) is 0 Å². The molecule has 0 aromatic carbocycles. The molecule has 0 amide bonds. The highest BCUT2D eigenvalue weighted by Crippen LogP contribution is 1.87. The highest BCUT2D eigenvalue weighted by molar-refractivity contribution is 6.38. The van der Waals surface area contributed by atoms with Crippen molar-refractivity contribution >= 4 is 11.8 Å². The van der Waals surface area contributed by atoms with Crippen LogP contribution in [0.3, 0.4) is 0 Å². The summed E-state index contributed by atoms with van der Waals surface area (Å²) in [6.45, 7) is 4.37. The number of rotatable bonds is 6. The number of hydrogen-bond donors (Lipinski definition) is 0. The van der Waals surface area contributed by atoms with Crippen molar-refractivity contribution in [2.45, 2.75) is 20.3 Å². The Balaban J connectivity index is 3.75. The fourth-order valence-corrected chi connectivity index (χ4v) is 0.540. The van der Waals surface area contributed by atoms with Crippen LogP contribution in [0.1, 0.15) is 20.3 Å². The average Bonchev–Trinajstić information content (AvgIpc) is 2.14. The standard InChI is InChI=1S/C9H14O4/c1-3-6-13-9(11)8(10)5-7-12-4-2/h5,7H,3-4,6H2,1-2H3/b7-5+. The van der Waals surface area contributed by atoms with Crippen molar-refractivity contribution in [1.29, 1.82) is 0 Å². The molecule has 0 saturated carbocycles. The van der Waals surface area contributed by atoms with E-state index in [9.17, 15) is 9.59 Å². The Bertz CT molecular complexity index is 196. The summed E-state index contributed by atoms with van der Waals surface area (Å²) in [5.74, 6) is -1.53. The fraction of sp³-hybridized carbons (Fsp3) is 0.556. The van der Waals surface area contributed by atoms with Crippen LogP contribution in [0.25, 0.3) is 0 Å². The zero-order chi connectivity index (χ0) is 10.1. The lowest BCUT2D eigenvalue weighted by molar-refractivity contribution is -0.151. The van der Waals surface area contributed by atoms with Crippen molar-refractivity contribution in [3.8, 4) is 0 Å². The van der Waals surface area contributed by atoms with Gasteiger partial charge in [-0.25, -0.2) is 4.79 Å². The first-order valence-corrected chi connectivity index (χ1v) is 4.21. The lowest BCUT2D eigenvalue weighted by Gasteiger charge is -1.98. The number of ether oxygens (including phenoxy) is 2. The second kappa shape index (κ2) is 7.34. The molecule has 0 fully saturated rings. The van der Waals surface area contributed by atoms with Gasteiger partial charge in [-0.05, 0) is 13.3 Å². The third kappa shape index (κ3) is 5.90. The Morgan fingerprint density at radius 1 is 1.31 bits per heavy atom. The molecule has 0 aromatic heterocycles. The molecule has 0 radical (unpaired) electrons. The molecule has 0 aliphatic heterocycles. The third-order valence-electron chi connectivity index (χ3n) is 1.12. The van der Waals surface area contributed by atoms with Gasteiger partial charge in [0.05, 0.1) is 19.5 Å². The van der Waals surface area contributed by atoms with Gasteiger partial charge < -0.3 is 9.47 Å². The number of carbonyl (C=O) groups is 2. The number of ketones is 1. The lowest BCUT2D eigenvalue weighted by Crippen LogP contribution is -2.15. The van der Waals surface area contributed by atoms with E-state index in [1.807, 2.05) is 6.92 Å². The molecule has 0 heterocycles. The van der Waals surface area contributed by atoms with E-state index in [4.69, 9.17) is 4.74 Å². The summed E-state index contributed by atoms with van der Waals surface area (Å²) < 4.78 is 9.34. The first kappa shape index (κ1) is 11.7. The van der Waals surface area contributed by atoms with Gasteiger partial charge in [0.25, 0.3) is 5.78 Å². The SMILES string of the molecule is CCCOC(=O)C(=O)/C=C/OCC. The summed E-state index contributed by atoms with van der Waals surface area (Å²) in [6, 6.07) is 0. The monoisotopic (exact) mass is 186 g/mol. The molecule has 0 N–H and O–H groups in total. The second-order valence-electron chi connectivity index (χ2n) is 2.26. The lowest BCUT2D eigenvalue weighted by atomic mass is 10.4. The molecule has 0 saturated heterocycles. The molecule has 74 valence electrons. The molecule has 0 unspecified atom stereocenters. The van der Waals surface area contributed by atoms with Crippen LogP contribution < -0.4 is 0 Å². The first-order valence-electron chi connectivity index (χ1n) is 4.21. The van der Waals surface area contributed by atoms with Gasteiger partial charge in [-0.3, -0.25) is 4.79 Å². The van der Waals surface area contributed by atoms with Gasteiger partial charge in [0.2, 0.25) is 0 Å². The van der Waals surface area contributed by atoms with Crippen LogP contribution in [0.2, 0.25) is 0 Å². The predicted octanol–water partition coefficient (Wildman–Crippen LogP) is 1.06. The average molecular weight is 186 g/mol. The Morgan fingerprint density at radius 2 is 2.00 bits per heavy atom. The van der Waals surface area contributed by atoms with Gasteiger partial charge in [-0.15, -0.1) is 0 Å². The van der Waals surface area contributed by atoms with Crippen LogP contribution >= 0.6 is 0 Å². The Labute approximate surface area is 77.5 Å². The van der Waals surface area contributed by atoms with Crippen LogP contribution in [0.4, 0.5) is 0 Å². The topological polar surface area (TPSA) is 52.6 Å². The molecule has 13 heavy (non-hydrogen) atoms. The van der Waals surface area contributed by atoms with Crippen LogP contribution in [0.5, 0.6) is 0 Å². The van der Waals surface area contributed by atoms with Gasteiger partial charge in [-0.1, -0.05) is 6.92 Å². The van der Waals surface area contributed by atoms with Crippen LogP contribution in [-0.4, -0.2) is 25.0 Å². The van der Waals surface area contributed by atoms with Crippen molar-refractivity contribution in [3.63, 3.8) is 0 Å². The molecule has 4 heteroatoms. The van der Waals surface area contributed by atoms with E-state index in [1.54, 1.807) is 6.92 Å². The second-order valence-corrected chi connectivity index (χ2v) is 2.26. The van der Waals surface area contributed by atoms with E-state index in [0.717, 1.165) is 6.08 Å². The predicted molar refractivity (Wildman–Crippen MR) is 47.0 cm³/mol. The van der Waals surface area contributed by atoms with E-state index in [2.05, 4.69) is 4.74 Å². The quantitative estimate of drug-likeness (QED) is 0.269. The Hall–Kier alpha value is -1.32. The maximum atomic E-state index is 10.9. The van der Waals surface area contributed by atoms with E-state index < -0.39 is 11.8 Å². The highest BCUT2D eigenvalue weighted by atomic mass is 16.5.